The Morgan fingerprint density at radius 1 is 1.25 bits per heavy atom. The molecule has 0 amide bonds. The van der Waals surface area contributed by atoms with Crippen molar-refractivity contribution in [2.24, 2.45) is 0 Å². The number of ether oxygens (including phenoxy) is 2. The summed E-state index contributed by atoms with van der Waals surface area (Å²) in [4.78, 5) is 2.14. The fourth-order valence-corrected chi connectivity index (χ4v) is 1.63. The van der Waals surface area contributed by atoms with Crippen LogP contribution in [-0.4, -0.2) is 57.5 Å². The smallest absolute Gasteiger partial charge is 0.161 e. The summed E-state index contributed by atoms with van der Waals surface area (Å²) in [7, 11) is 5.72. The summed E-state index contributed by atoms with van der Waals surface area (Å²) >= 11 is 0. The zero-order chi connectivity index (χ0) is 14.1. The molecule has 0 aliphatic carbocycles. The van der Waals surface area contributed by atoms with Crippen LogP contribution in [0.3, 0.4) is 0 Å². The van der Waals surface area contributed by atoms with Crippen LogP contribution in [0, 0.1) is 0 Å². The Kier molecular flexibility index (Phi) is 10.2. The summed E-state index contributed by atoms with van der Waals surface area (Å²) < 4.78 is 10.7. The van der Waals surface area contributed by atoms with Gasteiger partial charge in [-0.1, -0.05) is 6.07 Å². The SMILES string of the molecule is COc1cc(CNCCN(C)C)ccc1OCCO.Cl. The molecule has 0 spiro atoms. The van der Waals surface area contributed by atoms with Crippen LogP contribution in [0.15, 0.2) is 18.2 Å². The minimum atomic E-state index is -0.00298. The fourth-order valence-electron chi connectivity index (χ4n) is 1.63. The lowest BCUT2D eigenvalue weighted by atomic mass is 10.2. The van der Waals surface area contributed by atoms with E-state index in [1.54, 1.807) is 7.11 Å². The molecular weight excluding hydrogens is 280 g/mol. The second-order valence-electron chi connectivity index (χ2n) is 4.54. The highest BCUT2D eigenvalue weighted by Gasteiger charge is 2.05. The average Bonchev–Trinajstić information content (AvgIpc) is 2.41. The minimum Gasteiger partial charge on any atom is -0.493 e. The van der Waals surface area contributed by atoms with Gasteiger partial charge in [0.25, 0.3) is 0 Å². The van der Waals surface area contributed by atoms with Gasteiger partial charge in [-0.3, -0.25) is 0 Å². The molecular formula is C14H25ClN2O3. The Morgan fingerprint density at radius 2 is 2.00 bits per heavy atom. The van der Waals surface area contributed by atoms with Crippen LogP contribution in [-0.2, 0) is 6.54 Å². The van der Waals surface area contributed by atoms with Gasteiger partial charge < -0.3 is 24.8 Å². The topological polar surface area (TPSA) is 54.0 Å². The summed E-state index contributed by atoms with van der Waals surface area (Å²) in [6.07, 6.45) is 0. The molecule has 0 aliphatic rings. The number of rotatable bonds is 9. The zero-order valence-electron chi connectivity index (χ0n) is 12.4. The summed E-state index contributed by atoms with van der Waals surface area (Å²) in [5.74, 6) is 1.36. The minimum absolute atomic E-state index is 0. The van der Waals surface area contributed by atoms with E-state index in [1.807, 2.05) is 18.2 Å². The molecule has 0 saturated carbocycles. The lowest BCUT2D eigenvalue weighted by Gasteiger charge is -2.13. The third-order valence-electron chi connectivity index (χ3n) is 2.64. The van der Waals surface area contributed by atoms with E-state index in [1.165, 1.54) is 0 Å². The Hall–Kier alpha value is -1.01. The Labute approximate surface area is 127 Å². The lowest BCUT2D eigenvalue weighted by molar-refractivity contribution is 0.196. The molecule has 0 unspecified atom stereocenters. The molecule has 1 rings (SSSR count). The predicted molar refractivity (Wildman–Crippen MR) is 83.1 cm³/mol. The summed E-state index contributed by atoms with van der Waals surface area (Å²) in [6.45, 7) is 3.02. The van der Waals surface area contributed by atoms with Crippen molar-refractivity contribution in [3.63, 3.8) is 0 Å². The number of aliphatic hydroxyl groups excluding tert-OH is 1. The second-order valence-corrected chi connectivity index (χ2v) is 4.54. The van der Waals surface area contributed by atoms with Crippen LogP contribution >= 0.6 is 12.4 Å². The average molecular weight is 305 g/mol. The molecule has 1 aromatic rings. The number of methoxy groups -OCH3 is 1. The molecule has 116 valence electrons. The van der Waals surface area contributed by atoms with Crippen molar-refractivity contribution < 1.29 is 14.6 Å². The molecule has 0 saturated heterocycles. The summed E-state index contributed by atoms with van der Waals surface area (Å²) in [6, 6.07) is 5.82. The maximum atomic E-state index is 8.75. The van der Waals surface area contributed by atoms with Crippen molar-refractivity contribution in [1.82, 2.24) is 10.2 Å². The van der Waals surface area contributed by atoms with Crippen molar-refractivity contribution in [2.75, 3.05) is 47.5 Å². The maximum Gasteiger partial charge on any atom is 0.161 e. The van der Waals surface area contributed by atoms with E-state index in [0.717, 1.165) is 25.2 Å². The molecule has 0 radical (unpaired) electrons. The first kappa shape index (κ1) is 19.0. The molecule has 0 bridgehead atoms. The van der Waals surface area contributed by atoms with Gasteiger partial charge in [-0.2, -0.15) is 0 Å². The van der Waals surface area contributed by atoms with Crippen molar-refractivity contribution in [2.45, 2.75) is 6.54 Å². The van der Waals surface area contributed by atoms with Gasteiger partial charge in [0.1, 0.15) is 6.61 Å². The number of nitrogens with zero attached hydrogens (tertiary/aromatic N) is 1. The number of benzene rings is 1. The van der Waals surface area contributed by atoms with Crippen molar-refractivity contribution in [3.05, 3.63) is 23.8 Å². The Balaban J connectivity index is 0.00000361. The molecule has 6 heteroatoms. The van der Waals surface area contributed by atoms with Gasteiger partial charge in [0.15, 0.2) is 11.5 Å². The van der Waals surface area contributed by atoms with E-state index < -0.39 is 0 Å². The highest BCUT2D eigenvalue weighted by atomic mass is 35.5. The Morgan fingerprint density at radius 3 is 2.60 bits per heavy atom. The van der Waals surface area contributed by atoms with Gasteiger partial charge in [0.2, 0.25) is 0 Å². The van der Waals surface area contributed by atoms with Gasteiger partial charge in [-0.25, -0.2) is 0 Å². The highest BCUT2D eigenvalue weighted by Crippen LogP contribution is 2.27. The number of aliphatic hydroxyl groups is 1. The monoisotopic (exact) mass is 304 g/mol. The van der Waals surface area contributed by atoms with Gasteiger partial charge >= 0.3 is 0 Å². The summed E-state index contributed by atoms with van der Waals surface area (Å²) in [5.41, 5.74) is 1.15. The normalized spacial score (nSPS) is 10.2. The largest absolute Gasteiger partial charge is 0.493 e. The molecule has 5 nitrogen and oxygen atoms in total. The van der Waals surface area contributed by atoms with Gasteiger partial charge in [0, 0.05) is 19.6 Å². The van der Waals surface area contributed by atoms with E-state index >= 15 is 0 Å². The molecule has 2 N–H and O–H groups in total. The van der Waals surface area contributed by atoms with Crippen LogP contribution in [0.5, 0.6) is 11.5 Å². The van der Waals surface area contributed by atoms with E-state index in [0.29, 0.717) is 11.5 Å². The maximum absolute atomic E-state index is 8.75. The zero-order valence-corrected chi connectivity index (χ0v) is 13.2. The number of likely N-dealkylation sites (N-methyl/N-ethyl adjacent to an activating group) is 1. The van der Waals surface area contributed by atoms with E-state index in [9.17, 15) is 0 Å². The first-order valence-electron chi connectivity index (χ1n) is 6.43. The highest BCUT2D eigenvalue weighted by molar-refractivity contribution is 5.85. The summed E-state index contributed by atoms with van der Waals surface area (Å²) in [5, 5.41) is 12.1. The molecule has 0 atom stereocenters. The number of nitrogens with one attached hydrogen (secondary N) is 1. The van der Waals surface area contributed by atoms with E-state index in [2.05, 4.69) is 24.3 Å². The van der Waals surface area contributed by atoms with E-state index in [-0.39, 0.29) is 25.6 Å². The fraction of sp³-hybridized carbons (Fsp3) is 0.571. The van der Waals surface area contributed by atoms with Gasteiger partial charge in [-0.15, -0.1) is 12.4 Å². The lowest BCUT2D eigenvalue weighted by Crippen LogP contribution is -2.26. The quantitative estimate of drug-likeness (QED) is 0.670. The molecule has 0 aliphatic heterocycles. The van der Waals surface area contributed by atoms with Gasteiger partial charge in [0.05, 0.1) is 13.7 Å². The first-order chi connectivity index (χ1) is 9.17. The molecule has 0 heterocycles. The molecule has 20 heavy (non-hydrogen) atoms. The Bertz CT molecular complexity index is 375. The molecule has 0 aromatic heterocycles. The van der Waals surface area contributed by atoms with Crippen LogP contribution in [0.2, 0.25) is 0 Å². The van der Waals surface area contributed by atoms with Crippen LogP contribution in [0.4, 0.5) is 0 Å². The van der Waals surface area contributed by atoms with Crippen molar-refractivity contribution >= 4 is 12.4 Å². The van der Waals surface area contributed by atoms with Crippen LogP contribution < -0.4 is 14.8 Å². The number of hydrogen-bond donors (Lipinski definition) is 2. The molecule has 0 fully saturated rings. The van der Waals surface area contributed by atoms with E-state index in [4.69, 9.17) is 14.6 Å². The van der Waals surface area contributed by atoms with Crippen LogP contribution in [0.1, 0.15) is 5.56 Å². The number of hydrogen-bond acceptors (Lipinski definition) is 5. The van der Waals surface area contributed by atoms with Gasteiger partial charge in [-0.05, 0) is 31.8 Å². The number of halogens is 1. The third kappa shape index (κ3) is 6.96. The standard InChI is InChI=1S/C14H24N2O3.ClH/c1-16(2)7-6-15-11-12-4-5-13(19-9-8-17)14(10-12)18-3;/h4-5,10,15,17H,6-9,11H2,1-3H3;1H. The third-order valence-corrected chi connectivity index (χ3v) is 2.64. The first-order valence-corrected chi connectivity index (χ1v) is 6.43. The second kappa shape index (κ2) is 10.7. The van der Waals surface area contributed by atoms with Crippen LogP contribution in [0.25, 0.3) is 0 Å². The van der Waals surface area contributed by atoms with Crippen molar-refractivity contribution in [1.29, 1.82) is 0 Å². The van der Waals surface area contributed by atoms with Crippen molar-refractivity contribution in [3.8, 4) is 11.5 Å². The molecule has 1 aromatic carbocycles. The predicted octanol–water partition coefficient (Wildman–Crippen LogP) is 1.14.